The van der Waals surface area contributed by atoms with Crippen LogP contribution in [0, 0.1) is 13.8 Å². The van der Waals surface area contributed by atoms with Crippen LogP contribution >= 0.6 is 0 Å². The van der Waals surface area contributed by atoms with Crippen molar-refractivity contribution in [3.05, 3.63) is 108 Å². The van der Waals surface area contributed by atoms with E-state index in [9.17, 15) is 25.9 Å². The second kappa shape index (κ2) is 12.2. The molecule has 0 spiro atoms. The van der Waals surface area contributed by atoms with Crippen molar-refractivity contribution >= 4 is 75.9 Å². The molecular formula is C34H28N6O6S2. The van der Waals surface area contributed by atoms with Gasteiger partial charge in [0.2, 0.25) is 0 Å². The van der Waals surface area contributed by atoms with Gasteiger partial charge in [-0.3, -0.25) is 9.11 Å². The lowest BCUT2D eigenvalue weighted by atomic mass is 10.0. The molecule has 0 aromatic heterocycles. The van der Waals surface area contributed by atoms with Gasteiger partial charge in [-0.1, -0.05) is 48.5 Å². The minimum absolute atomic E-state index is 0.235. The van der Waals surface area contributed by atoms with E-state index in [1.807, 2.05) is 50.2 Å². The van der Waals surface area contributed by atoms with E-state index in [0.29, 0.717) is 33.5 Å². The van der Waals surface area contributed by atoms with Crippen molar-refractivity contribution in [2.45, 2.75) is 23.6 Å². The maximum absolute atomic E-state index is 11.8. The number of rotatable bonds is 7. The molecule has 0 fully saturated rings. The highest BCUT2D eigenvalue weighted by Gasteiger charge is 2.17. The normalized spacial score (nSPS) is 12.5. The van der Waals surface area contributed by atoms with E-state index in [0.717, 1.165) is 22.3 Å². The van der Waals surface area contributed by atoms with E-state index in [4.69, 9.17) is 11.5 Å². The van der Waals surface area contributed by atoms with Crippen molar-refractivity contribution in [1.29, 1.82) is 0 Å². The monoisotopic (exact) mass is 680 g/mol. The number of azo groups is 2. The van der Waals surface area contributed by atoms with Crippen molar-refractivity contribution in [1.82, 2.24) is 0 Å². The number of benzene rings is 6. The van der Waals surface area contributed by atoms with Gasteiger partial charge in [-0.15, -0.1) is 10.2 Å². The van der Waals surface area contributed by atoms with E-state index >= 15 is 0 Å². The van der Waals surface area contributed by atoms with Crippen molar-refractivity contribution in [2.75, 3.05) is 11.5 Å². The molecule has 0 radical (unpaired) electrons. The maximum atomic E-state index is 11.8. The smallest absolute Gasteiger partial charge is 0.295 e. The number of fused-ring (bicyclic) bond motifs is 2. The van der Waals surface area contributed by atoms with Crippen molar-refractivity contribution in [3.63, 3.8) is 0 Å². The molecule has 0 unspecified atom stereocenters. The van der Waals surface area contributed by atoms with Crippen LogP contribution in [-0.2, 0) is 20.2 Å². The van der Waals surface area contributed by atoms with Crippen LogP contribution in [0.3, 0.4) is 0 Å². The summed E-state index contributed by atoms with van der Waals surface area (Å²) < 4.78 is 66.1. The van der Waals surface area contributed by atoms with Gasteiger partial charge >= 0.3 is 0 Å². The predicted molar refractivity (Wildman–Crippen MR) is 186 cm³/mol. The summed E-state index contributed by atoms with van der Waals surface area (Å²) in [5.74, 6) is 0. The number of hydrogen-bond donors (Lipinski definition) is 4. The van der Waals surface area contributed by atoms with Gasteiger partial charge in [0.15, 0.2) is 0 Å². The summed E-state index contributed by atoms with van der Waals surface area (Å²) in [6, 6.07) is 26.5. The highest BCUT2D eigenvalue weighted by molar-refractivity contribution is 7.86. The molecule has 6 aromatic rings. The first-order valence-electron chi connectivity index (χ1n) is 14.3. The molecule has 0 heterocycles. The van der Waals surface area contributed by atoms with E-state index < -0.39 is 20.2 Å². The lowest BCUT2D eigenvalue weighted by Crippen LogP contribution is -1.99. The lowest BCUT2D eigenvalue weighted by Gasteiger charge is -2.09. The minimum atomic E-state index is -4.43. The zero-order valence-corrected chi connectivity index (χ0v) is 27.2. The third-order valence-corrected chi connectivity index (χ3v) is 9.72. The molecule has 12 nitrogen and oxygen atoms in total. The zero-order valence-electron chi connectivity index (χ0n) is 25.5. The molecule has 0 aliphatic rings. The van der Waals surface area contributed by atoms with Crippen LogP contribution in [0.15, 0.2) is 127 Å². The SMILES string of the molecule is Cc1cc(-c2ccc(N=Nc3ccc4c(S(=O)(=O)O)cccc4c3N)c(C)c2)ccc1N=Nc1ccc2c(S(=O)(=O)O)cccc2c1N. The first-order valence-corrected chi connectivity index (χ1v) is 17.2. The second-order valence-corrected chi connectivity index (χ2v) is 13.8. The van der Waals surface area contributed by atoms with Gasteiger partial charge in [0, 0.05) is 21.5 Å². The number of anilines is 2. The Morgan fingerprint density at radius 2 is 0.833 bits per heavy atom. The van der Waals surface area contributed by atoms with Crippen molar-refractivity contribution in [3.8, 4) is 11.1 Å². The highest BCUT2D eigenvalue weighted by Crippen LogP contribution is 2.38. The number of nitrogen functional groups attached to an aromatic ring is 2. The van der Waals surface area contributed by atoms with Crippen LogP contribution in [0.5, 0.6) is 0 Å². The van der Waals surface area contributed by atoms with Gasteiger partial charge in [0.05, 0.1) is 22.7 Å². The fraction of sp³-hybridized carbons (Fsp3) is 0.0588. The van der Waals surface area contributed by atoms with Crippen LogP contribution < -0.4 is 11.5 Å². The summed E-state index contributed by atoms with van der Waals surface area (Å²) in [7, 11) is -8.85. The molecule has 6 aromatic carbocycles. The molecule has 0 aliphatic heterocycles. The van der Waals surface area contributed by atoms with Crippen LogP contribution in [0.4, 0.5) is 34.1 Å². The Balaban J connectivity index is 1.23. The van der Waals surface area contributed by atoms with Gasteiger partial charge in [-0.2, -0.15) is 27.1 Å². The molecule has 0 saturated heterocycles. The molecule has 0 saturated carbocycles. The van der Waals surface area contributed by atoms with Gasteiger partial charge < -0.3 is 11.5 Å². The van der Waals surface area contributed by atoms with E-state index in [1.54, 1.807) is 24.3 Å². The lowest BCUT2D eigenvalue weighted by molar-refractivity contribution is 0.482. The minimum Gasteiger partial charge on any atom is -0.396 e. The summed E-state index contributed by atoms with van der Waals surface area (Å²) in [5.41, 5.74) is 18.6. The molecule has 14 heteroatoms. The quantitative estimate of drug-likeness (QED) is 0.0725. The number of aryl methyl sites for hydroxylation is 2. The summed E-state index contributed by atoms with van der Waals surface area (Å²) in [6.07, 6.45) is 0. The molecule has 0 aliphatic carbocycles. The Bertz CT molecular complexity index is 2390. The van der Waals surface area contributed by atoms with E-state index in [2.05, 4.69) is 20.5 Å². The van der Waals surface area contributed by atoms with Crippen LogP contribution in [0.2, 0.25) is 0 Å². The largest absolute Gasteiger partial charge is 0.396 e. The van der Waals surface area contributed by atoms with Gasteiger partial charge in [-0.25, -0.2) is 0 Å². The fourth-order valence-corrected chi connectivity index (χ4v) is 6.83. The molecule has 0 amide bonds. The number of nitrogens with zero attached hydrogens (tertiary/aromatic N) is 4. The van der Waals surface area contributed by atoms with Gasteiger partial charge in [-0.05, 0) is 84.6 Å². The maximum Gasteiger partial charge on any atom is 0.295 e. The van der Waals surface area contributed by atoms with Crippen LogP contribution in [0.1, 0.15) is 11.1 Å². The first-order chi connectivity index (χ1) is 22.7. The molecule has 242 valence electrons. The number of hydrogen-bond acceptors (Lipinski definition) is 10. The third kappa shape index (κ3) is 6.24. The highest BCUT2D eigenvalue weighted by atomic mass is 32.2. The topological polar surface area (TPSA) is 210 Å². The second-order valence-electron chi connectivity index (χ2n) is 11.1. The molecule has 6 rings (SSSR count). The Labute approximate surface area is 276 Å². The predicted octanol–water partition coefficient (Wildman–Crippen LogP) is 8.77. The summed E-state index contributed by atoms with van der Waals surface area (Å²) in [6.45, 7) is 3.81. The molecule has 6 N–H and O–H groups in total. The standard InChI is InChI=1S/C34H28N6O6S2/c1-19-17-21(9-13-27(19)37-39-29-15-11-23-25(33(29)35)5-3-7-31(23)47(41,42)43)22-10-14-28(20(2)18-22)38-40-30-16-12-24-26(34(30)36)6-4-8-32(24)48(44,45)46/h3-18H,35-36H2,1-2H3,(H,41,42,43)(H,44,45,46). The third-order valence-electron chi connectivity index (χ3n) is 7.89. The van der Waals surface area contributed by atoms with Crippen LogP contribution in [0.25, 0.3) is 32.7 Å². The summed E-state index contributed by atoms with van der Waals surface area (Å²) >= 11 is 0. The molecular weight excluding hydrogens is 653 g/mol. The van der Waals surface area contributed by atoms with Crippen LogP contribution in [-0.4, -0.2) is 25.9 Å². The average Bonchev–Trinajstić information content (AvgIpc) is 3.04. The Morgan fingerprint density at radius 1 is 0.479 bits per heavy atom. The van der Waals surface area contributed by atoms with E-state index in [-0.39, 0.29) is 31.9 Å². The Morgan fingerprint density at radius 3 is 1.19 bits per heavy atom. The Hall–Kier alpha value is -5.54. The Kier molecular flexibility index (Phi) is 8.26. The number of nitrogens with two attached hydrogens (primary N) is 2. The zero-order chi connectivity index (χ0) is 34.4. The average molecular weight is 681 g/mol. The van der Waals surface area contributed by atoms with Gasteiger partial charge in [0.1, 0.15) is 21.2 Å². The molecule has 0 atom stereocenters. The molecule has 0 bridgehead atoms. The summed E-state index contributed by atoms with van der Waals surface area (Å²) in [4.78, 5) is -0.469. The van der Waals surface area contributed by atoms with Crippen molar-refractivity contribution in [2.24, 2.45) is 20.5 Å². The fourth-order valence-electron chi connectivity index (χ4n) is 5.42. The molecule has 48 heavy (non-hydrogen) atoms. The van der Waals surface area contributed by atoms with Crippen molar-refractivity contribution < 1.29 is 25.9 Å². The first kappa shape index (κ1) is 32.4. The summed E-state index contributed by atoms with van der Waals surface area (Å²) in [5, 5.41) is 18.8. The van der Waals surface area contributed by atoms with Gasteiger partial charge in [0.25, 0.3) is 20.2 Å². The van der Waals surface area contributed by atoms with E-state index in [1.165, 1.54) is 36.4 Å².